The van der Waals surface area contributed by atoms with Gasteiger partial charge in [0.25, 0.3) is 11.8 Å². The number of rotatable bonds is 11. The molecule has 1 fully saturated rings. The van der Waals surface area contributed by atoms with Crippen molar-refractivity contribution in [3.63, 3.8) is 0 Å². The molecule has 1 heterocycles. The van der Waals surface area contributed by atoms with Crippen LogP contribution in [0.1, 0.15) is 39.1 Å². The fraction of sp³-hybridized carbons (Fsp3) is 0.355. The van der Waals surface area contributed by atoms with Gasteiger partial charge in [0, 0.05) is 43.0 Å². The molecular formula is C31H37N3O6. The molecule has 4 rings (SSSR count). The van der Waals surface area contributed by atoms with Crippen molar-refractivity contribution in [1.82, 2.24) is 10.6 Å². The summed E-state index contributed by atoms with van der Waals surface area (Å²) in [6, 6.07) is 18.6. The first-order valence-electron chi connectivity index (χ1n) is 13.3. The molecule has 1 aliphatic rings. The number of methoxy groups -OCH3 is 4. The van der Waals surface area contributed by atoms with Crippen LogP contribution in [0.2, 0.25) is 0 Å². The fourth-order valence-electron chi connectivity index (χ4n) is 4.87. The van der Waals surface area contributed by atoms with Gasteiger partial charge in [-0.3, -0.25) is 9.59 Å². The van der Waals surface area contributed by atoms with Crippen molar-refractivity contribution in [3.05, 3.63) is 77.4 Å². The smallest absolute Gasteiger partial charge is 0.253 e. The number of carbonyl (C=O) groups is 2. The molecule has 0 atom stereocenters. The number of hydrogen-bond donors (Lipinski definition) is 2. The van der Waals surface area contributed by atoms with Crippen LogP contribution in [0.3, 0.4) is 0 Å². The first-order valence-corrected chi connectivity index (χ1v) is 13.3. The summed E-state index contributed by atoms with van der Waals surface area (Å²) in [6.07, 6.45) is 2.20. The second-order valence-corrected chi connectivity index (χ2v) is 9.55. The van der Waals surface area contributed by atoms with Crippen LogP contribution in [-0.4, -0.2) is 65.9 Å². The van der Waals surface area contributed by atoms with Crippen LogP contribution in [0.25, 0.3) is 0 Å². The van der Waals surface area contributed by atoms with Crippen LogP contribution in [0, 0.1) is 0 Å². The van der Waals surface area contributed by atoms with Crippen LogP contribution in [0.15, 0.2) is 60.7 Å². The van der Waals surface area contributed by atoms with Gasteiger partial charge < -0.3 is 34.5 Å². The van der Waals surface area contributed by atoms with E-state index in [0.29, 0.717) is 47.1 Å². The predicted molar refractivity (Wildman–Crippen MR) is 154 cm³/mol. The maximum Gasteiger partial charge on any atom is 0.253 e. The molecule has 0 spiro atoms. The number of para-hydroxylation sites is 1. The van der Waals surface area contributed by atoms with E-state index in [0.717, 1.165) is 37.2 Å². The van der Waals surface area contributed by atoms with E-state index < -0.39 is 0 Å². The number of hydrogen-bond acceptors (Lipinski definition) is 7. The van der Waals surface area contributed by atoms with Crippen LogP contribution >= 0.6 is 0 Å². The molecule has 2 N–H and O–H groups in total. The zero-order valence-corrected chi connectivity index (χ0v) is 23.5. The van der Waals surface area contributed by atoms with E-state index in [1.54, 1.807) is 46.6 Å². The van der Waals surface area contributed by atoms with Crippen molar-refractivity contribution in [3.8, 4) is 23.0 Å². The van der Waals surface area contributed by atoms with Crippen LogP contribution in [0.5, 0.6) is 23.0 Å². The van der Waals surface area contributed by atoms with Crippen LogP contribution < -0.4 is 34.5 Å². The van der Waals surface area contributed by atoms with E-state index in [9.17, 15) is 9.59 Å². The molecule has 0 saturated carbocycles. The average Bonchev–Trinajstić information content (AvgIpc) is 3.00. The van der Waals surface area contributed by atoms with Gasteiger partial charge in [0.2, 0.25) is 0 Å². The minimum Gasteiger partial charge on any atom is -0.497 e. The van der Waals surface area contributed by atoms with Gasteiger partial charge >= 0.3 is 0 Å². The molecular weight excluding hydrogens is 510 g/mol. The highest BCUT2D eigenvalue weighted by atomic mass is 16.5. The Kier molecular flexibility index (Phi) is 9.72. The third-order valence-corrected chi connectivity index (χ3v) is 7.08. The molecule has 0 unspecified atom stereocenters. The molecule has 1 saturated heterocycles. The number of amides is 2. The number of piperidine rings is 1. The summed E-state index contributed by atoms with van der Waals surface area (Å²) in [5.74, 6) is 2.20. The standard InChI is InChI=1S/C31H37N3O6/c1-37-24-18-22(19-25(20-24)38-2)30(35)33-23-12-15-34(16-13-23)27-8-6-5-7-26(27)31(36)32-14-11-21-9-10-28(39-3)29(17-21)40-4/h5-10,17-20,23H,11-16H2,1-4H3,(H,32,36)(H,33,35). The third-order valence-electron chi connectivity index (χ3n) is 7.08. The fourth-order valence-corrected chi connectivity index (χ4v) is 4.87. The minimum atomic E-state index is -0.162. The highest BCUT2D eigenvalue weighted by Crippen LogP contribution is 2.28. The Morgan fingerprint density at radius 3 is 2.12 bits per heavy atom. The summed E-state index contributed by atoms with van der Waals surface area (Å²) in [4.78, 5) is 28.3. The summed E-state index contributed by atoms with van der Waals surface area (Å²) in [5, 5.41) is 6.18. The van der Waals surface area contributed by atoms with Crippen molar-refractivity contribution in [2.45, 2.75) is 25.3 Å². The summed E-state index contributed by atoms with van der Waals surface area (Å²) in [7, 11) is 6.33. The lowest BCUT2D eigenvalue weighted by molar-refractivity contribution is 0.0929. The number of ether oxygens (including phenoxy) is 4. The van der Waals surface area contributed by atoms with Gasteiger partial charge in [-0.1, -0.05) is 18.2 Å². The Morgan fingerprint density at radius 2 is 1.48 bits per heavy atom. The van der Waals surface area contributed by atoms with Gasteiger partial charge in [0.1, 0.15) is 11.5 Å². The van der Waals surface area contributed by atoms with E-state index in [1.165, 1.54) is 0 Å². The molecule has 212 valence electrons. The van der Waals surface area contributed by atoms with Crippen molar-refractivity contribution in [2.24, 2.45) is 0 Å². The third kappa shape index (κ3) is 6.97. The largest absolute Gasteiger partial charge is 0.497 e. The maximum atomic E-state index is 13.1. The molecule has 3 aromatic rings. The Balaban J connectivity index is 1.32. The SMILES string of the molecule is COc1cc(OC)cc(C(=O)NC2CCN(c3ccccc3C(=O)NCCc3ccc(OC)c(OC)c3)CC2)c1. The molecule has 9 heteroatoms. The van der Waals surface area contributed by atoms with Crippen molar-refractivity contribution >= 4 is 17.5 Å². The molecule has 1 aliphatic heterocycles. The number of benzene rings is 3. The van der Waals surface area contributed by atoms with Gasteiger partial charge in [-0.15, -0.1) is 0 Å². The van der Waals surface area contributed by atoms with Crippen molar-refractivity contribution < 1.29 is 28.5 Å². The number of carbonyl (C=O) groups excluding carboxylic acids is 2. The van der Waals surface area contributed by atoms with Crippen LogP contribution in [0.4, 0.5) is 5.69 Å². The minimum absolute atomic E-state index is 0.0309. The maximum absolute atomic E-state index is 13.1. The molecule has 0 bridgehead atoms. The van der Waals surface area contributed by atoms with E-state index >= 15 is 0 Å². The highest BCUT2D eigenvalue weighted by Gasteiger charge is 2.24. The zero-order valence-electron chi connectivity index (χ0n) is 23.5. The van der Waals surface area contributed by atoms with Crippen molar-refractivity contribution in [2.75, 3.05) is 53.0 Å². The summed E-state index contributed by atoms with van der Waals surface area (Å²) >= 11 is 0. The molecule has 9 nitrogen and oxygen atoms in total. The van der Waals surface area contributed by atoms with E-state index in [4.69, 9.17) is 18.9 Å². The summed E-state index contributed by atoms with van der Waals surface area (Å²) in [6.45, 7) is 1.94. The highest BCUT2D eigenvalue weighted by molar-refractivity contribution is 6.00. The molecule has 0 aromatic heterocycles. The lowest BCUT2D eigenvalue weighted by Gasteiger charge is -2.35. The Bertz CT molecular complexity index is 1300. The Hall–Kier alpha value is -4.40. The van der Waals surface area contributed by atoms with Crippen LogP contribution in [-0.2, 0) is 6.42 Å². The lowest BCUT2D eigenvalue weighted by atomic mass is 10.0. The van der Waals surface area contributed by atoms with E-state index in [2.05, 4.69) is 15.5 Å². The first kappa shape index (κ1) is 28.6. The molecule has 2 amide bonds. The van der Waals surface area contributed by atoms with E-state index in [1.807, 2.05) is 42.5 Å². The van der Waals surface area contributed by atoms with Gasteiger partial charge in [0.15, 0.2) is 11.5 Å². The number of nitrogens with zero attached hydrogens (tertiary/aromatic N) is 1. The number of nitrogens with one attached hydrogen (secondary N) is 2. The molecule has 0 aliphatic carbocycles. The summed E-state index contributed by atoms with van der Waals surface area (Å²) in [5.41, 5.74) is 3.07. The number of anilines is 1. The Morgan fingerprint density at radius 1 is 0.800 bits per heavy atom. The van der Waals surface area contributed by atoms with Gasteiger partial charge in [0.05, 0.1) is 34.0 Å². The first-order chi connectivity index (χ1) is 19.4. The van der Waals surface area contributed by atoms with Gasteiger partial charge in [-0.2, -0.15) is 0 Å². The van der Waals surface area contributed by atoms with Gasteiger partial charge in [-0.05, 0) is 61.2 Å². The quantitative estimate of drug-likeness (QED) is 0.373. The zero-order chi connectivity index (χ0) is 28.5. The topological polar surface area (TPSA) is 98.4 Å². The Labute approximate surface area is 235 Å². The summed E-state index contributed by atoms with van der Waals surface area (Å²) < 4.78 is 21.2. The second kappa shape index (κ2) is 13.6. The molecule has 40 heavy (non-hydrogen) atoms. The normalized spacial score (nSPS) is 13.3. The lowest BCUT2D eigenvalue weighted by Crippen LogP contribution is -2.45. The monoisotopic (exact) mass is 547 g/mol. The molecule has 3 aromatic carbocycles. The van der Waals surface area contributed by atoms with Gasteiger partial charge in [-0.25, -0.2) is 0 Å². The van der Waals surface area contributed by atoms with Crippen molar-refractivity contribution in [1.29, 1.82) is 0 Å². The molecule has 0 radical (unpaired) electrons. The predicted octanol–water partition coefficient (Wildman–Crippen LogP) is 4.09. The average molecular weight is 548 g/mol. The second-order valence-electron chi connectivity index (χ2n) is 9.55. The van der Waals surface area contributed by atoms with E-state index in [-0.39, 0.29) is 17.9 Å².